The largest absolute Gasteiger partial charge is 0.375 e. The van der Waals surface area contributed by atoms with E-state index in [2.05, 4.69) is 54.1 Å². The van der Waals surface area contributed by atoms with Gasteiger partial charge in [-0.15, -0.1) is 11.8 Å². The van der Waals surface area contributed by atoms with Crippen LogP contribution in [0.4, 0.5) is 22.9 Å². The summed E-state index contributed by atoms with van der Waals surface area (Å²) in [6.07, 6.45) is 1.37. The zero-order valence-electron chi connectivity index (χ0n) is 35.6. The first kappa shape index (κ1) is 45.3. The van der Waals surface area contributed by atoms with Crippen LogP contribution in [0.3, 0.4) is 0 Å². The van der Waals surface area contributed by atoms with Gasteiger partial charge in [-0.3, -0.25) is 24.5 Å². The number of aromatic nitrogens is 2. The zero-order chi connectivity index (χ0) is 44.7. The molecule has 2 N–H and O–H groups in total. The average molecular weight is 908 g/mol. The van der Waals surface area contributed by atoms with E-state index in [0.29, 0.717) is 21.7 Å². The van der Waals surface area contributed by atoms with Crippen LogP contribution < -0.4 is 14.9 Å². The number of rotatable bonds is 17. The molecular formula is C47H51ClN8O5S2. The van der Waals surface area contributed by atoms with Crippen LogP contribution >= 0.6 is 23.4 Å². The number of carbonyl (C=O) groups is 1. The van der Waals surface area contributed by atoms with E-state index < -0.39 is 26.7 Å². The Balaban J connectivity index is 1.04. The molecule has 1 aliphatic rings. The molecule has 1 amide bonds. The van der Waals surface area contributed by atoms with Gasteiger partial charge < -0.3 is 15.1 Å². The molecule has 0 unspecified atom stereocenters. The number of sulfonamides is 1. The van der Waals surface area contributed by atoms with Crippen LogP contribution in [0, 0.1) is 10.1 Å². The van der Waals surface area contributed by atoms with E-state index in [1.165, 1.54) is 41.3 Å². The average Bonchev–Trinajstić information content (AvgIpc) is 3.26. The number of thioether (sulfide) groups is 1. The van der Waals surface area contributed by atoms with Crippen LogP contribution in [0.15, 0.2) is 131 Å². The summed E-state index contributed by atoms with van der Waals surface area (Å²) in [7, 11) is -4.35. The van der Waals surface area contributed by atoms with Gasteiger partial charge in [-0.25, -0.2) is 18.4 Å². The molecule has 6 aromatic rings. The van der Waals surface area contributed by atoms with Crippen LogP contribution in [-0.2, 0) is 21.4 Å². The van der Waals surface area contributed by atoms with Gasteiger partial charge in [0.1, 0.15) is 12.0 Å². The highest BCUT2D eigenvalue weighted by molar-refractivity contribution is 7.99. The summed E-state index contributed by atoms with van der Waals surface area (Å²) in [4.78, 5) is 41.3. The maximum Gasteiger partial charge on any atom is 0.293 e. The molecule has 1 aromatic heterocycles. The number of anilines is 3. The number of fused-ring (bicyclic) bond motifs is 1. The van der Waals surface area contributed by atoms with Crippen molar-refractivity contribution in [3.05, 3.63) is 142 Å². The molecular weight excluding hydrogens is 856 g/mol. The second-order valence-electron chi connectivity index (χ2n) is 16.1. The second-order valence-corrected chi connectivity index (χ2v) is 19.3. The lowest BCUT2D eigenvalue weighted by Crippen LogP contribution is -2.46. The number of benzene rings is 5. The van der Waals surface area contributed by atoms with Crippen molar-refractivity contribution in [2.75, 3.05) is 46.9 Å². The van der Waals surface area contributed by atoms with Crippen molar-refractivity contribution < 1.29 is 18.1 Å². The number of nitro groups is 1. The number of hydrogen-bond acceptors (Lipinski definition) is 11. The normalized spacial score (nSPS) is 13.9. The molecule has 328 valence electrons. The summed E-state index contributed by atoms with van der Waals surface area (Å²) in [5.41, 5.74) is 4.74. The maximum absolute atomic E-state index is 13.9. The van der Waals surface area contributed by atoms with Gasteiger partial charge in [0.25, 0.3) is 15.7 Å². The van der Waals surface area contributed by atoms with Gasteiger partial charge in [0.2, 0.25) is 5.91 Å². The third-order valence-corrected chi connectivity index (χ3v) is 13.8. The molecule has 0 radical (unpaired) electrons. The highest BCUT2D eigenvalue weighted by Crippen LogP contribution is 2.33. The fourth-order valence-corrected chi connectivity index (χ4v) is 10.1. The lowest BCUT2D eigenvalue weighted by molar-refractivity contribution is -0.384. The van der Waals surface area contributed by atoms with Crippen molar-refractivity contribution in [3.8, 4) is 11.1 Å². The highest BCUT2D eigenvalue weighted by atomic mass is 35.5. The molecule has 16 heteroatoms. The number of nitrogens with zero attached hydrogens (tertiary/aromatic N) is 6. The summed E-state index contributed by atoms with van der Waals surface area (Å²) in [6, 6.07) is 34.8. The molecule has 0 bridgehead atoms. The first-order valence-electron chi connectivity index (χ1n) is 20.9. The van der Waals surface area contributed by atoms with Crippen molar-refractivity contribution in [3.63, 3.8) is 0 Å². The first-order valence-corrected chi connectivity index (χ1v) is 23.7. The van der Waals surface area contributed by atoms with Crippen molar-refractivity contribution in [2.24, 2.45) is 0 Å². The Labute approximate surface area is 378 Å². The lowest BCUT2D eigenvalue weighted by atomic mass is 9.99. The molecule has 1 saturated heterocycles. The first-order chi connectivity index (χ1) is 30.3. The molecule has 0 aliphatic carbocycles. The molecule has 13 nitrogen and oxygen atoms in total. The predicted octanol–water partition coefficient (Wildman–Crippen LogP) is 9.59. The standard InChI is InChI=1S/C47H51ClN8O5S2/c1-32(2)55(33(3)4)46(57)26-37(30-62-39-11-6-5-7-12-39)51-43-21-19-40(28-45(43)56(58)59)63(60,61)52-47-42-20-18-38(27-44(42)49-31-50-47)54-24-22-53(23-25-54)29-35-10-8-9-13-41(35)34-14-16-36(48)17-15-34/h5-21,27-28,31-33,37,51H,22-26,29-30H2,1-4H3,(H,49,50,52)/t37-/m1/s1. The Kier molecular flexibility index (Phi) is 14.5. The van der Waals surface area contributed by atoms with E-state index in [0.717, 1.165) is 54.9 Å². The van der Waals surface area contributed by atoms with Gasteiger partial charge in [0.15, 0.2) is 5.82 Å². The smallest absolute Gasteiger partial charge is 0.293 e. The van der Waals surface area contributed by atoms with Gasteiger partial charge in [0, 0.05) is 90.1 Å². The zero-order valence-corrected chi connectivity index (χ0v) is 38.0. The van der Waals surface area contributed by atoms with Gasteiger partial charge in [-0.1, -0.05) is 66.2 Å². The fourth-order valence-electron chi connectivity index (χ4n) is 8.01. The minimum Gasteiger partial charge on any atom is -0.375 e. The minimum absolute atomic E-state index is 0.0382. The van der Waals surface area contributed by atoms with Gasteiger partial charge in [-0.05, 0) is 99.0 Å². The minimum atomic E-state index is -4.35. The van der Waals surface area contributed by atoms with Gasteiger partial charge in [0.05, 0.1) is 15.3 Å². The van der Waals surface area contributed by atoms with E-state index in [1.54, 1.807) is 11.0 Å². The Bertz CT molecular complexity index is 2660. The number of hydrogen-bond donors (Lipinski definition) is 2. The summed E-state index contributed by atoms with van der Waals surface area (Å²) in [5.74, 6) is 0.391. The van der Waals surface area contributed by atoms with Crippen molar-refractivity contribution in [1.29, 1.82) is 0 Å². The fraction of sp³-hybridized carbons (Fsp3) is 0.298. The van der Waals surface area contributed by atoms with Crippen LogP contribution in [0.2, 0.25) is 5.02 Å². The van der Waals surface area contributed by atoms with Crippen molar-refractivity contribution in [1.82, 2.24) is 19.8 Å². The lowest BCUT2D eigenvalue weighted by Gasteiger charge is -2.36. The topological polar surface area (TPSA) is 154 Å². The van der Waals surface area contributed by atoms with Crippen LogP contribution in [0.25, 0.3) is 22.0 Å². The third kappa shape index (κ3) is 11.3. The second kappa shape index (κ2) is 20.2. The summed E-state index contributed by atoms with van der Waals surface area (Å²) in [5, 5.41) is 16.9. The van der Waals surface area contributed by atoms with Crippen molar-refractivity contribution in [2.45, 2.75) is 68.6 Å². The van der Waals surface area contributed by atoms with Crippen molar-refractivity contribution >= 4 is 73.1 Å². The van der Waals surface area contributed by atoms with E-state index in [-0.39, 0.29) is 40.8 Å². The highest BCUT2D eigenvalue weighted by Gasteiger charge is 2.28. The monoisotopic (exact) mass is 906 g/mol. The summed E-state index contributed by atoms with van der Waals surface area (Å²) in [6.45, 7) is 11.9. The predicted molar refractivity (Wildman–Crippen MR) is 254 cm³/mol. The van der Waals surface area contributed by atoms with Gasteiger partial charge in [-0.2, -0.15) is 0 Å². The molecule has 1 aliphatic heterocycles. The number of nitrogens with one attached hydrogen (secondary N) is 2. The van der Waals surface area contributed by atoms with Gasteiger partial charge >= 0.3 is 0 Å². The number of amides is 1. The summed E-state index contributed by atoms with van der Waals surface area (Å²) >= 11 is 7.67. The van der Waals surface area contributed by atoms with Crippen LogP contribution in [0.1, 0.15) is 39.7 Å². The third-order valence-electron chi connectivity index (χ3n) is 11.0. The Hall–Kier alpha value is -5.74. The molecule has 63 heavy (non-hydrogen) atoms. The Morgan fingerprint density at radius 1 is 0.873 bits per heavy atom. The van der Waals surface area contributed by atoms with Crippen LogP contribution in [0.5, 0.6) is 0 Å². The molecule has 7 rings (SSSR count). The number of piperazine rings is 1. The van der Waals surface area contributed by atoms with E-state index >= 15 is 0 Å². The Morgan fingerprint density at radius 2 is 1.57 bits per heavy atom. The quantitative estimate of drug-likeness (QED) is 0.0511. The summed E-state index contributed by atoms with van der Waals surface area (Å²) < 4.78 is 30.3. The molecule has 5 aromatic carbocycles. The molecule has 0 saturated carbocycles. The molecule has 0 spiro atoms. The van der Waals surface area contributed by atoms with E-state index in [9.17, 15) is 23.3 Å². The van der Waals surface area contributed by atoms with E-state index in [1.807, 2.05) is 94.4 Å². The molecule has 1 atom stereocenters. The van der Waals surface area contributed by atoms with E-state index in [4.69, 9.17) is 11.6 Å². The number of halogens is 1. The van der Waals surface area contributed by atoms with Crippen LogP contribution in [-0.4, -0.2) is 89.1 Å². The molecule has 1 fully saturated rings. The maximum atomic E-state index is 13.9. The number of nitro benzene ring substituents is 1. The molecule has 2 heterocycles. The SMILES string of the molecule is CC(C)N(C(=O)C[C@H](CSc1ccccc1)Nc1ccc(S(=O)(=O)Nc2ncnc3cc(N4CCN(Cc5ccccc5-c5ccc(Cl)cc5)CC4)ccc23)cc1[N+](=O)[O-])C(C)C. The Morgan fingerprint density at radius 3 is 2.27 bits per heavy atom. The number of carbonyl (C=O) groups excluding carboxylic acids is 1.